The summed E-state index contributed by atoms with van der Waals surface area (Å²) in [6.45, 7) is 4.43. The highest BCUT2D eigenvalue weighted by atomic mass is 16.5. The molecule has 0 spiro atoms. The number of ether oxygens (including phenoxy) is 1. The molecule has 1 aromatic rings. The molecule has 1 aliphatic heterocycles. The highest BCUT2D eigenvalue weighted by Crippen LogP contribution is 2.28. The Hall–Kier alpha value is -1.06. The van der Waals surface area contributed by atoms with Gasteiger partial charge >= 0.3 is 0 Å². The van der Waals surface area contributed by atoms with Crippen molar-refractivity contribution in [2.75, 3.05) is 20.2 Å². The summed E-state index contributed by atoms with van der Waals surface area (Å²) in [6.07, 6.45) is 4.59. The van der Waals surface area contributed by atoms with Crippen molar-refractivity contribution in [2.45, 2.75) is 38.6 Å². The van der Waals surface area contributed by atoms with Gasteiger partial charge in [0.05, 0.1) is 7.11 Å². The Kier molecular flexibility index (Phi) is 5.23. The molecule has 3 N–H and O–H groups in total. The average Bonchev–Trinajstić information content (AvgIpc) is 2.47. The molecule has 0 radical (unpaired) electrons. The molecule has 0 saturated carbocycles. The Labute approximate surface area is 116 Å². The molecular weight excluding hydrogens is 236 g/mol. The fourth-order valence-electron chi connectivity index (χ4n) is 2.92. The van der Waals surface area contributed by atoms with E-state index in [1.165, 1.54) is 24.0 Å². The minimum atomic E-state index is 0.152. The molecule has 0 amide bonds. The van der Waals surface area contributed by atoms with Crippen LogP contribution in [-0.4, -0.2) is 20.2 Å². The lowest BCUT2D eigenvalue weighted by atomic mass is 9.88. The number of nitrogens with two attached hydrogens (primary N) is 1. The van der Waals surface area contributed by atoms with Crippen LogP contribution in [0.15, 0.2) is 18.2 Å². The van der Waals surface area contributed by atoms with Crippen molar-refractivity contribution in [2.24, 2.45) is 11.7 Å². The third kappa shape index (κ3) is 3.71. The summed E-state index contributed by atoms with van der Waals surface area (Å²) in [4.78, 5) is 0. The summed E-state index contributed by atoms with van der Waals surface area (Å²) in [5, 5.41) is 3.40. The van der Waals surface area contributed by atoms with Gasteiger partial charge in [-0.1, -0.05) is 19.1 Å². The fraction of sp³-hybridized carbons (Fsp3) is 0.625. The maximum Gasteiger partial charge on any atom is 0.122 e. The van der Waals surface area contributed by atoms with E-state index in [1.54, 1.807) is 7.11 Å². The van der Waals surface area contributed by atoms with Crippen LogP contribution in [0.4, 0.5) is 0 Å². The number of aryl methyl sites for hydroxylation is 1. The standard InChI is InChI=1S/C16H26N2O/c1-3-13-11-14(4-5-16(13)19-2)15(17)10-12-6-8-18-9-7-12/h4-5,11-12,15,18H,3,6-10,17H2,1-2H3. The number of benzene rings is 1. The molecule has 3 heteroatoms. The molecule has 1 atom stereocenters. The number of rotatable bonds is 5. The monoisotopic (exact) mass is 262 g/mol. The van der Waals surface area contributed by atoms with Crippen LogP contribution in [0.3, 0.4) is 0 Å². The lowest BCUT2D eigenvalue weighted by molar-refractivity contribution is 0.332. The molecule has 0 aliphatic carbocycles. The van der Waals surface area contributed by atoms with Gasteiger partial charge in [0, 0.05) is 6.04 Å². The van der Waals surface area contributed by atoms with Crippen molar-refractivity contribution >= 4 is 0 Å². The Morgan fingerprint density at radius 2 is 2.11 bits per heavy atom. The SMILES string of the molecule is CCc1cc(C(N)CC2CCNCC2)ccc1OC. The first kappa shape index (κ1) is 14.4. The highest BCUT2D eigenvalue weighted by molar-refractivity contribution is 5.38. The van der Waals surface area contributed by atoms with E-state index in [2.05, 4.69) is 30.4 Å². The lowest BCUT2D eigenvalue weighted by Crippen LogP contribution is -2.29. The van der Waals surface area contributed by atoms with Crippen LogP contribution in [-0.2, 0) is 6.42 Å². The molecule has 0 aromatic heterocycles. The van der Waals surface area contributed by atoms with Crippen molar-refractivity contribution in [3.63, 3.8) is 0 Å². The van der Waals surface area contributed by atoms with Crippen molar-refractivity contribution in [3.8, 4) is 5.75 Å². The summed E-state index contributed by atoms with van der Waals surface area (Å²) in [6, 6.07) is 6.53. The largest absolute Gasteiger partial charge is 0.496 e. The van der Waals surface area contributed by atoms with Gasteiger partial charge in [0.25, 0.3) is 0 Å². The summed E-state index contributed by atoms with van der Waals surface area (Å²) in [5.74, 6) is 1.74. The first-order chi connectivity index (χ1) is 9.24. The van der Waals surface area contributed by atoms with E-state index in [0.717, 1.165) is 37.6 Å². The number of hydrogen-bond donors (Lipinski definition) is 2. The van der Waals surface area contributed by atoms with Gasteiger partial charge in [-0.25, -0.2) is 0 Å². The van der Waals surface area contributed by atoms with Crippen LogP contribution >= 0.6 is 0 Å². The summed E-state index contributed by atoms with van der Waals surface area (Å²) >= 11 is 0. The van der Waals surface area contributed by atoms with Gasteiger partial charge in [-0.3, -0.25) is 0 Å². The van der Waals surface area contributed by atoms with Crippen LogP contribution in [0.25, 0.3) is 0 Å². The topological polar surface area (TPSA) is 47.3 Å². The predicted octanol–water partition coefficient (Wildman–Crippen LogP) is 2.65. The molecule has 1 aliphatic rings. The van der Waals surface area contributed by atoms with Crippen molar-refractivity contribution < 1.29 is 4.74 Å². The van der Waals surface area contributed by atoms with Gasteiger partial charge in [0.2, 0.25) is 0 Å². The summed E-state index contributed by atoms with van der Waals surface area (Å²) < 4.78 is 5.37. The Balaban J connectivity index is 2.03. The number of hydrogen-bond acceptors (Lipinski definition) is 3. The Morgan fingerprint density at radius 1 is 1.37 bits per heavy atom. The summed E-state index contributed by atoms with van der Waals surface area (Å²) in [5.41, 5.74) is 8.88. The van der Waals surface area contributed by atoms with Gasteiger partial charge in [-0.15, -0.1) is 0 Å². The van der Waals surface area contributed by atoms with E-state index in [4.69, 9.17) is 10.5 Å². The van der Waals surface area contributed by atoms with E-state index in [9.17, 15) is 0 Å². The van der Waals surface area contributed by atoms with Crippen LogP contribution in [0, 0.1) is 5.92 Å². The Morgan fingerprint density at radius 3 is 2.74 bits per heavy atom. The highest BCUT2D eigenvalue weighted by Gasteiger charge is 2.18. The molecular formula is C16H26N2O. The first-order valence-electron chi connectivity index (χ1n) is 7.37. The van der Waals surface area contributed by atoms with Gasteiger partial charge < -0.3 is 15.8 Å². The quantitative estimate of drug-likeness (QED) is 0.857. The molecule has 19 heavy (non-hydrogen) atoms. The molecule has 2 rings (SSSR count). The third-order valence-corrected chi connectivity index (χ3v) is 4.16. The van der Waals surface area contributed by atoms with Gasteiger partial charge in [-0.2, -0.15) is 0 Å². The van der Waals surface area contributed by atoms with Crippen LogP contribution in [0.5, 0.6) is 5.75 Å². The third-order valence-electron chi connectivity index (χ3n) is 4.16. The van der Waals surface area contributed by atoms with Crippen LogP contribution < -0.4 is 15.8 Å². The summed E-state index contributed by atoms with van der Waals surface area (Å²) in [7, 11) is 1.73. The molecule has 1 heterocycles. The van der Waals surface area contributed by atoms with Crippen LogP contribution in [0.1, 0.15) is 43.4 Å². The maximum atomic E-state index is 6.38. The van der Waals surface area contributed by atoms with Crippen LogP contribution in [0.2, 0.25) is 0 Å². The number of nitrogens with one attached hydrogen (secondary N) is 1. The molecule has 106 valence electrons. The van der Waals surface area contributed by atoms with E-state index in [1.807, 2.05) is 0 Å². The molecule has 1 unspecified atom stereocenters. The second-order valence-electron chi connectivity index (χ2n) is 5.46. The minimum Gasteiger partial charge on any atom is -0.496 e. The molecule has 3 nitrogen and oxygen atoms in total. The van der Waals surface area contributed by atoms with Crippen molar-refractivity contribution in [1.82, 2.24) is 5.32 Å². The first-order valence-corrected chi connectivity index (χ1v) is 7.37. The normalized spacial score (nSPS) is 18.3. The number of piperidine rings is 1. The molecule has 0 bridgehead atoms. The van der Waals surface area contributed by atoms with E-state index < -0.39 is 0 Å². The van der Waals surface area contributed by atoms with Crippen molar-refractivity contribution in [3.05, 3.63) is 29.3 Å². The number of methoxy groups -OCH3 is 1. The zero-order valence-corrected chi connectivity index (χ0v) is 12.1. The van der Waals surface area contributed by atoms with Crippen molar-refractivity contribution in [1.29, 1.82) is 0 Å². The van der Waals surface area contributed by atoms with E-state index in [-0.39, 0.29) is 6.04 Å². The molecule has 1 aromatic carbocycles. The second kappa shape index (κ2) is 6.92. The van der Waals surface area contributed by atoms with Gasteiger partial charge in [0.1, 0.15) is 5.75 Å². The van der Waals surface area contributed by atoms with E-state index >= 15 is 0 Å². The predicted molar refractivity (Wildman–Crippen MR) is 79.5 cm³/mol. The Bertz CT molecular complexity index is 400. The van der Waals surface area contributed by atoms with Gasteiger partial charge in [-0.05, 0) is 61.9 Å². The minimum absolute atomic E-state index is 0.152. The van der Waals surface area contributed by atoms with E-state index in [0.29, 0.717) is 0 Å². The van der Waals surface area contributed by atoms with Gasteiger partial charge in [0.15, 0.2) is 0 Å². The lowest BCUT2D eigenvalue weighted by Gasteiger charge is -2.25. The zero-order chi connectivity index (χ0) is 13.7. The maximum absolute atomic E-state index is 6.38. The molecule has 1 fully saturated rings. The molecule has 1 saturated heterocycles. The zero-order valence-electron chi connectivity index (χ0n) is 12.1. The average molecular weight is 262 g/mol. The smallest absolute Gasteiger partial charge is 0.122 e. The second-order valence-corrected chi connectivity index (χ2v) is 5.46. The fourth-order valence-corrected chi connectivity index (χ4v) is 2.92.